The minimum Gasteiger partial charge on any atom is -0.492 e. The largest absolute Gasteiger partial charge is 0.492 e. The molecule has 18 heavy (non-hydrogen) atoms. The van der Waals surface area contributed by atoms with Crippen molar-refractivity contribution < 1.29 is 9.84 Å². The molecule has 0 aliphatic rings. The van der Waals surface area contributed by atoms with Gasteiger partial charge in [-0.2, -0.15) is 0 Å². The van der Waals surface area contributed by atoms with E-state index in [0.717, 1.165) is 12.0 Å². The first-order valence-electron chi connectivity index (χ1n) is 5.96. The molecule has 104 valence electrons. The predicted octanol–water partition coefficient (Wildman–Crippen LogP) is 3.02. The molecular weight excluding hydrogens is 273 g/mol. The van der Waals surface area contributed by atoms with Gasteiger partial charge in [0, 0.05) is 12.6 Å². The standard InChI is InChI=1S/C13H20ClNO2.ClH/c1-3-11(9-16)15-8-10-5-6-13(17-4-2)12(14)7-10;/h5-7,11,15-16H,3-4,8-9H2,1-2H3;1H. The van der Waals surface area contributed by atoms with Gasteiger partial charge in [-0.25, -0.2) is 0 Å². The Morgan fingerprint density at radius 1 is 1.39 bits per heavy atom. The van der Waals surface area contributed by atoms with Gasteiger partial charge in [0.1, 0.15) is 5.75 Å². The molecule has 1 atom stereocenters. The van der Waals surface area contributed by atoms with Crippen molar-refractivity contribution in [1.82, 2.24) is 5.32 Å². The van der Waals surface area contributed by atoms with Gasteiger partial charge in [-0.15, -0.1) is 12.4 Å². The molecule has 5 heteroatoms. The van der Waals surface area contributed by atoms with Crippen LogP contribution in [0.3, 0.4) is 0 Å². The van der Waals surface area contributed by atoms with Crippen molar-refractivity contribution in [1.29, 1.82) is 0 Å². The Kier molecular flexibility index (Phi) is 9.20. The van der Waals surface area contributed by atoms with Crippen molar-refractivity contribution in [3.63, 3.8) is 0 Å². The Morgan fingerprint density at radius 3 is 2.61 bits per heavy atom. The minimum atomic E-state index is 0. The normalized spacial score (nSPS) is 11.8. The third-order valence-corrected chi connectivity index (χ3v) is 2.90. The van der Waals surface area contributed by atoms with E-state index >= 15 is 0 Å². The second kappa shape index (κ2) is 9.45. The average molecular weight is 294 g/mol. The van der Waals surface area contributed by atoms with Crippen LogP contribution >= 0.6 is 24.0 Å². The lowest BCUT2D eigenvalue weighted by Gasteiger charge is -2.14. The van der Waals surface area contributed by atoms with Crippen LogP contribution in [-0.4, -0.2) is 24.4 Å². The van der Waals surface area contributed by atoms with Gasteiger partial charge in [-0.05, 0) is 31.0 Å². The average Bonchev–Trinajstić information content (AvgIpc) is 2.34. The summed E-state index contributed by atoms with van der Waals surface area (Å²) in [6.07, 6.45) is 0.904. The van der Waals surface area contributed by atoms with Crippen LogP contribution < -0.4 is 10.1 Å². The zero-order valence-corrected chi connectivity index (χ0v) is 12.4. The number of aliphatic hydroxyl groups excluding tert-OH is 1. The first-order chi connectivity index (χ1) is 8.21. The van der Waals surface area contributed by atoms with Crippen LogP contribution in [0.1, 0.15) is 25.8 Å². The number of rotatable bonds is 7. The van der Waals surface area contributed by atoms with Crippen LogP contribution in [0.25, 0.3) is 0 Å². The number of halogens is 2. The molecule has 0 amide bonds. The van der Waals surface area contributed by atoms with Gasteiger partial charge in [0.05, 0.1) is 18.2 Å². The highest BCUT2D eigenvalue weighted by molar-refractivity contribution is 6.32. The first-order valence-corrected chi connectivity index (χ1v) is 6.34. The van der Waals surface area contributed by atoms with Gasteiger partial charge in [0.15, 0.2) is 0 Å². The molecule has 0 aliphatic heterocycles. The summed E-state index contributed by atoms with van der Waals surface area (Å²) in [6.45, 7) is 5.43. The van der Waals surface area contributed by atoms with Gasteiger partial charge in [0.25, 0.3) is 0 Å². The minimum absolute atomic E-state index is 0. The zero-order chi connectivity index (χ0) is 12.7. The summed E-state index contributed by atoms with van der Waals surface area (Å²) in [6, 6.07) is 5.89. The number of nitrogens with one attached hydrogen (secondary N) is 1. The Bertz CT molecular complexity index is 344. The lowest BCUT2D eigenvalue weighted by molar-refractivity contribution is 0.238. The van der Waals surface area contributed by atoms with Crippen LogP contribution in [0.5, 0.6) is 5.75 Å². The molecule has 0 saturated carbocycles. The van der Waals surface area contributed by atoms with Gasteiger partial charge in [-0.3, -0.25) is 0 Å². The lowest BCUT2D eigenvalue weighted by atomic mass is 10.2. The third-order valence-electron chi connectivity index (χ3n) is 2.60. The highest BCUT2D eigenvalue weighted by atomic mass is 35.5. The summed E-state index contributed by atoms with van der Waals surface area (Å²) in [4.78, 5) is 0. The summed E-state index contributed by atoms with van der Waals surface area (Å²) < 4.78 is 5.37. The summed E-state index contributed by atoms with van der Waals surface area (Å²) in [5, 5.41) is 13.0. The Morgan fingerprint density at radius 2 is 2.11 bits per heavy atom. The summed E-state index contributed by atoms with van der Waals surface area (Å²) in [5.41, 5.74) is 1.09. The van der Waals surface area contributed by atoms with Gasteiger partial charge in [0.2, 0.25) is 0 Å². The number of ether oxygens (including phenoxy) is 1. The molecule has 0 fully saturated rings. The molecule has 1 aromatic carbocycles. The second-order valence-electron chi connectivity index (χ2n) is 3.87. The van der Waals surface area contributed by atoms with Crippen molar-refractivity contribution in [3.8, 4) is 5.75 Å². The monoisotopic (exact) mass is 293 g/mol. The van der Waals surface area contributed by atoms with Crippen molar-refractivity contribution in [2.75, 3.05) is 13.2 Å². The van der Waals surface area contributed by atoms with E-state index in [1.807, 2.05) is 32.0 Å². The molecule has 1 unspecified atom stereocenters. The molecule has 0 bridgehead atoms. The van der Waals surface area contributed by atoms with E-state index in [1.165, 1.54) is 0 Å². The fraction of sp³-hybridized carbons (Fsp3) is 0.538. The molecule has 0 aromatic heterocycles. The summed E-state index contributed by atoms with van der Waals surface area (Å²) in [7, 11) is 0. The second-order valence-corrected chi connectivity index (χ2v) is 4.27. The van der Waals surface area contributed by atoms with Crippen molar-refractivity contribution in [2.45, 2.75) is 32.9 Å². The third kappa shape index (κ3) is 5.44. The Labute approximate surface area is 120 Å². The molecule has 0 aliphatic carbocycles. The van der Waals surface area contributed by atoms with E-state index in [-0.39, 0.29) is 25.1 Å². The van der Waals surface area contributed by atoms with Crippen LogP contribution in [0.15, 0.2) is 18.2 Å². The maximum absolute atomic E-state index is 9.06. The number of hydrogen-bond acceptors (Lipinski definition) is 3. The maximum Gasteiger partial charge on any atom is 0.137 e. The van der Waals surface area contributed by atoms with E-state index < -0.39 is 0 Å². The van der Waals surface area contributed by atoms with Crippen molar-refractivity contribution in [3.05, 3.63) is 28.8 Å². The molecule has 0 radical (unpaired) electrons. The molecule has 1 rings (SSSR count). The van der Waals surface area contributed by atoms with E-state index in [0.29, 0.717) is 23.9 Å². The lowest BCUT2D eigenvalue weighted by Crippen LogP contribution is -2.31. The quantitative estimate of drug-likeness (QED) is 0.812. The van der Waals surface area contributed by atoms with E-state index in [1.54, 1.807) is 0 Å². The van der Waals surface area contributed by atoms with Crippen LogP contribution in [0.2, 0.25) is 5.02 Å². The first kappa shape index (κ1) is 17.5. The van der Waals surface area contributed by atoms with Crippen LogP contribution in [-0.2, 0) is 6.54 Å². The summed E-state index contributed by atoms with van der Waals surface area (Å²) >= 11 is 6.09. The maximum atomic E-state index is 9.06. The van der Waals surface area contributed by atoms with E-state index in [9.17, 15) is 0 Å². The highest BCUT2D eigenvalue weighted by Gasteiger charge is 2.05. The smallest absolute Gasteiger partial charge is 0.137 e. The Balaban J connectivity index is 0.00000289. The topological polar surface area (TPSA) is 41.5 Å². The van der Waals surface area contributed by atoms with Crippen molar-refractivity contribution in [2.24, 2.45) is 0 Å². The van der Waals surface area contributed by atoms with E-state index in [4.69, 9.17) is 21.4 Å². The number of hydrogen-bond donors (Lipinski definition) is 2. The predicted molar refractivity (Wildman–Crippen MR) is 77.9 cm³/mol. The van der Waals surface area contributed by atoms with Crippen LogP contribution in [0, 0.1) is 0 Å². The van der Waals surface area contributed by atoms with Gasteiger partial charge < -0.3 is 15.2 Å². The SMILES string of the molecule is CCOc1ccc(CNC(CC)CO)cc1Cl.Cl. The molecule has 1 aromatic rings. The molecular formula is C13H21Cl2NO2. The van der Waals surface area contributed by atoms with Crippen molar-refractivity contribution >= 4 is 24.0 Å². The molecule has 2 N–H and O–H groups in total. The fourth-order valence-electron chi connectivity index (χ4n) is 1.53. The highest BCUT2D eigenvalue weighted by Crippen LogP contribution is 2.25. The zero-order valence-electron chi connectivity index (χ0n) is 10.8. The number of benzene rings is 1. The number of aliphatic hydroxyl groups is 1. The van der Waals surface area contributed by atoms with Gasteiger partial charge in [-0.1, -0.05) is 24.6 Å². The molecule has 3 nitrogen and oxygen atoms in total. The molecule has 0 saturated heterocycles. The van der Waals surface area contributed by atoms with Crippen LogP contribution in [0.4, 0.5) is 0 Å². The summed E-state index contributed by atoms with van der Waals surface area (Å²) in [5.74, 6) is 0.715. The van der Waals surface area contributed by atoms with E-state index in [2.05, 4.69) is 5.32 Å². The molecule has 0 spiro atoms. The molecule has 0 heterocycles. The Hall–Kier alpha value is -0.480. The fourth-order valence-corrected chi connectivity index (χ4v) is 1.78. The van der Waals surface area contributed by atoms with Gasteiger partial charge >= 0.3 is 0 Å².